The van der Waals surface area contributed by atoms with E-state index in [1.807, 2.05) is 52.0 Å². The molecule has 100 valence electrons. The molecule has 0 spiro atoms. The van der Waals surface area contributed by atoms with E-state index >= 15 is 0 Å². The van der Waals surface area contributed by atoms with Gasteiger partial charge in [0.25, 0.3) is 0 Å². The molecule has 3 N–H and O–H groups in total. The first-order valence-electron chi connectivity index (χ1n) is 6.22. The Labute approximate surface area is 109 Å². The van der Waals surface area contributed by atoms with Gasteiger partial charge in [-0.3, -0.25) is 10.1 Å². The third-order valence-electron chi connectivity index (χ3n) is 2.37. The predicted octanol–water partition coefficient (Wildman–Crippen LogP) is 2.00. The molecule has 0 saturated heterocycles. The standard InChI is InChI=1S/C14H22N2O2/c1-9(2)16-13(14(15)17)11-5-7-12(8-6-11)18-10(3)4/h5-10,13,16H,1-4H3,(H2,15,17). The fourth-order valence-corrected chi connectivity index (χ4v) is 1.69. The minimum absolute atomic E-state index is 0.136. The summed E-state index contributed by atoms with van der Waals surface area (Å²) in [7, 11) is 0. The van der Waals surface area contributed by atoms with E-state index in [4.69, 9.17) is 10.5 Å². The summed E-state index contributed by atoms with van der Waals surface area (Å²) in [5, 5.41) is 3.14. The van der Waals surface area contributed by atoms with E-state index in [0.29, 0.717) is 0 Å². The van der Waals surface area contributed by atoms with Crippen molar-refractivity contribution in [3.8, 4) is 5.75 Å². The Bertz CT molecular complexity index is 385. The molecule has 0 saturated carbocycles. The molecule has 0 aliphatic carbocycles. The van der Waals surface area contributed by atoms with Crippen LogP contribution in [0.1, 0.15) is 39.3 Å². The maximum Gasteiger partial charge on any atom is 0.239 e. The van der Waals surface area contributed by atoms with Crippen LogP contribution >= 0.6 is 0 Å². The summed E-state index contributed by atoms with van der Waals surface area (Å²) in [6.07, 6.45) is 0.136. The third-order valence-corrected chi connectivity index (χ3v) is 2.37. The fourth-order valence-electron chi connectivity index (χ4n) is 1.69. The molecule has 0 aliphatic rings. The van der Waals surface area contributed by atoms with E-state index in [1.54, 1.807) is 0 Å². The highest BCUT2D eigenvalue weighted by atomic mass is 16.5. The van der Waals surface area contributed by atoms with Gasteiger partial charge in [-0.1, -0.05) is 12.1 Å². The maximum absolute atomic E-state index is 11.4. The van der Waals surface area contributed by atoms with Crippen LogP contribution < -0.4 is 15.8 Å². The van der Waals surface area contributed by atoms with Crippen molar-refractivity contribution in [2.24, 2.45) is 5.73 Å². The van der Waals surface area contributed by atoms with Crippen molar-refractivity contribution in [2.45, 2.75) is 45.9 Å². The van der Waals surface area contributed by atoms with Crippen molar-refractivity contribution in [1.29, 1.82) is 0 Å². The molecule has 1 amide bonds. The Morgan fingerprint density at radius 3 is 2.11 bits per heavy atom. The molecule has 18 heavy (non-hydrogen) atoms. The average molecular weight is 250 g/mol. The van der Waals surface area contributed by atoms with E-state index in [9.17, 15) is 4.79 Å². The number of nitrogens with one attached hydrogen (secondary N) is 1. The quantitative estimate of drug-likeness (QED) is 0.811. The van der Waals surface area contributed by atoms with Crippen LogP contribution in [0, 0.1) is 0 Å². The van der Waals surface area contributed by atoms with Crippen LogP contribution in [0.4, 0.5) is 0 Å². The zero-order chi connectivity index (χ0) is 13.7. The molecule has 1 atom stereocenters. The van der Waals surface area contributed by atoms with Gasteiger partial charge in [0.15, 0.2) is 0 Å². The number of primary amides is 1. The number of ether oxygens (including phenoxy) is 1. The van der Waals surface area contributed by atoms with Crippen LogP contribution in [-0.4, -0.2) is 18.1 Å². The molecule has 0 aliphatic heterocycles. The second-order valence-corrected chi connectivity index (χ2v) is 4.89. The predicted molar refractivity (Wildman–Crippen MR) is 72.4 cm³/mol. The van der Waals surface area contributed by atoms with Crippen LogP contribution in [0.3, 0.4) is 0 Å². The number of nitrogens with two attached hydrogens (primary N) is 1. The Morgan fingerprint density at radius 2 is 1.72 bits per heavy atom. The maximum atomic E-state index is 11.4. The summed E-state index contributed by atoms with van der Waals surface area (Å²) in [4.78, 5) is 11.4. The minimum atomic E-state index is -0.460. The van der Waals surface area contributed by atoms with Gasteiger partial charge in [0, 0.05) is 6.04 Å². The lowest BCUT2D eigenvalue weighted by molar-refractivity contribution is -0.120. The number of rotatable bonds is 6. The fraction of sp³-hybridized carbons (Fsp3) is 0.500. The molecule has 0 fully saturated rings. The molecule has 1 unspecified atom stereocenters. The number of carbonyl (C=O) groups excluding carboxylic acids is 1. The second kappa shape index (κ2) is 6.40. The molecule has 0 bridgehead atoms. The molecular formula is C14H22N2O2. The topological polar surface area (TPSA) is 64.3 Å². The van der Waals surface area contributed by atoms with E-state index in [-0.39, 0.29) is 18.1 Å². The van der Waals surface area contributed by atoms with Gasteiger partial charge in [0.2, 0.25) is 5.91 Å². The van der Waals surface area contributed by atoms with Gasteiger partial charge >= 0.3 is 0 Å². The molecule has 1 rings (SSSR count). The molecular weight excluding hydrogens is 228 g/mol. The molecule has 1 aromatic rings. The summed E-state index contributed by atoms with van der Waals surface area (Å²) in [6, 6.07) is 7.16. The summed E-state index contributed by atoms with van der Waals surface area (Å²) in [6.45, 7) is 7.90. The monoisotopic (exact) mass is 250 g/mol. The van der Waals surface area contributed by atoms with Gasteiger partial charge < -0.3 is 10.5 Å². The van der Waals surface area contributed by atoms with Crippen molar-refractivity contribution in [1.82, 2.24) is 5.32 Å². The molecule has 4 nitrogen and oxygen atoms in total. The summed E-state index contributed by atoms with van der Waals surface area (Å²) in [5.74, 6) is 0.419. The van der Waals surface area contributed by atoms with Crippen molar-refractivity contribution in [2.75, 3.05) is 0 Å². The van der Waals surface area contributed by atoms with Gasteiger partial charge in [-0.2, -0.15) is 0 Å². The number of hydrogen-bond acceptors (Lipinski definition) is 3. The van der Waals surface area contributed by atoms with E-state index in [1.165, 1.54) is 0 Å². The SMILES string of the molecule is CC(C)NC(C(N)=O)c1ccc(OC(C)C)cc1. The van der Waals surface area contributed by atoms with Crippen LogP contribution in [0.25, 0.3) is 0 Å². The normalized spacial score (nSPS) is 12.8. The number of carbonyl (C=O) groups is 1. The zero-order valence-electron chi connectivity index (χ0n) is 11.4. The van der Waals surface area contributed by atoms with Gasteiger partial charge in [0.1, 0.15) is 11.8 Å². The van der Waals surface area contributed by atoms with Crippen molar-refractivity contribution < 1.29 is 9.53 Å². The minimum Gasteiger partial charge on any atom is -0.491 e. The first-order chi connectivity index (χ1) is 8.40. The van der Waals surface area contributed by atoms with Gasteiger partial charge in [0.05, 0.1) is 6.10 Å². The number of amides is 1. The van der Waals surface area contributed by atoms with E-state index < -0.39 is 6.04 Å². The van der Waals surface area contributed by atoms with Crippen molar-refractivity contribution in [3.05, 3.63) is 29.8 Å². The smallest absolute Gasteiger partial charge is 0.239 e. The first kappa shape index (κ1) is 14.5. The molecule has 0 aromatic heterocycles. The van der Waals surface area contributed by atoms with Crippen LogP contribution in [-0.2, 0) is 4.79 Å². The van der Waals surface area contributed by atoms with E-state index in [0.717, 1.165) is 11.3 Å². The molecule has 1 aromatic carbocycles. The highest BCUT2D eigenvalue weighted by Gasteiger charge is 2.18. The summed E-state index contributed by atoms with van der Waals surface area (Å²) >= 11 is 0. The lowest BCUT2D eigenvalue weighted by atomic mass is 10.1. The van der Waals surface area contributed by atoms with Gasteiger partial charge in [-0.25, -0.2) is 0 Å². The van der Waals surface area contributed by atoms with Crippen molar-refractivity contribution in [3.63, 3.8) is 0 Å². The highest BCUT2D eigenvalue weighted by Crippen LogP contribution is 2.19. The number of hydrogen-bond donors (Lipinski definition) is 2. The first-order valence-corrected chi connectivity index (χ1v) is 6.22. The Balaban J connectivity index is 2.83. The van der Waals surface area contributed by atoms with Crippen LogP contribution in [0.15, 0.2) is 24.3 Å². The van der Waals surface area contributed by atoms with Crippen LogP contribution in [0.5, 0.6) is 5.75 Å². The summed E-state index contributed by atoms with van der Waals surface area (Å²) in [5.41, 5.74) is 6.26. The van der Waals surface area contributed by atoms with Crippen molar-refractivity contribution >= 4 is 5.91 Å². The van der Waals surface area contributed by atoms with Crippen LogP contribution in [0.2, 0.25) is 0 Å². The van der Waals surface area contributed by atoms with Gasteiger partial charge in [-0.15, -0.1) is 0 Å². The largest absolute Gasteiger partial charge is 0.491 e. The third kappa shape index (κ3) is 4.37. The highest BCUT2D eigenvalue weighted by molar-refractivity contribution is 5.81. The zero-order valence-corrected chi connectivity index (χ0v) is 11.4. The molecule has 0 heterocycles. The molecule has 4 heteroatoms. The average Bonchev–Trinajstić information content (AvgIpc) is 2.26. The lowest BCUT2D eigenvalue weighted by Crippen LogP contribution is -2.37. The second-order valence-electron chi connectivity index (χ2n) is 4.89. The number of benzene rings is 1. The van der Waals surface area contributed by atoms with E-state index in [2.05, 4.69) is 5.32 Å². The van der Waals surface area contributed by atoms with Gasteiger partial charge in [-0.05, 0) is 45.4 Å². The summed E-state index contributed by atoms with van der Waals surface area (Å²) < 4.78 is 5.55. The Hall–Kier alpha value is -1.55. The molecule has 0 radical (unpaired) electrons. The Morgan fingerprint density at radius 1 is 1.17 bits per heavy atom. The Kier molecular flexibility index (Phi) is 5.16. The lowest BCUT2D eigenvalue weighted by Gasteiger charge is -2.19.